The number of hydrogen-bond donors (Lipinski definition) is 0. The molecule has 0 saturated carbocycles. The number of aromatic nitrogens is 2. The topological polar surface area (TPSA) is 53.9 Å². The largest absolute Gasteiger partial charge is 0.420 e. The van der Waals surface area contributed by atoms with E-state index in [1.54, 1.807) is 0 Å². The maximum absolute atomic E-state index is 12.3. The monoisotopic (exact) mass is 212 g/mol. The van der Waals surface area contributed by atoms with Crippen LogP contribution >= 0.6 is 0 Å². The van der Waals surface area contributed by atoms with Crippen molar-refractivity contribution in [2.75, 3.05) is 0 Å². The van der Waals surface area contributed by atoms with Crippen molar-refractivity contribution in [1.82, 2.24) is 9.97 Å². The average molecular weight is 212 g/mol. The average Bonchev–Trinajstić information content (AvgIpc) is 2.16. The summed E-state index contributed by atoms with van der Waals surface area (Å²) in [5.74, 6) is -0.0884. The summed E-state index contributed by atoms with van der Waals surface area (Å²) >= 11 is 0. The van der Waals surface area contributed by atoms with Gasteiger partial charge >= 0.3 is 6.18 Å². The van der Waals surface area contributed by atoms with E-state index in [1.165, 1.54) is 6.07 Å². The highest BCUT2D eigenvalue weighted by molar-refractivity contribution is 5.31. The maximum atomic E-state index is 12.3. The first-order valence-corrected chi connectivity index (χ1v) is 3.65. The third-order valence-corrected chi connectivity index (χ3v) is 1.47. The molecule has 0 spiro atoms. The second-order valence-corrected chi connectivity index (χ2v) is 2.47. The summed E-state index contributed by atoms with van der Waals surface area (Å²) in [5, 5.41) is 8.46. The van der Waals surface area contributed by atoms with Crippen molar-refractivity contribution in [2.24, 2.45) is 0 Å². The van der Waals surface area contributed by atoms with E-state index in [2.05, 4.69) is 14.8 Å². The molecule has 15 heavy (non-hydrogen) atoms. The van der Waals surface area contributed by atoms with Crippen LogP contribution in [0.4, 0.5) is 13.2 Å². The highest BCUT2D eigenvalue weighted by Gasteiger charge is 2.35. The van der Waals surface area contributed by atoms with Crippen molar-refractivity contribution in [3.63, 3.8) is 0 Å². The summed E-state index contributed by atoms with van der Waals surface area (Å²) < 4.78 is 36.8. The molecule has 0 aromatic carbocycles. The zero-order valence-corrected chi connectivity index (χ0v) is 7.21. The van der Waals surface area contributed by atoms with E-state index in [-0.39, 0.29) is 12.4 Å². The molecule has 76 valence electrons. The van der Waals surface area contributed by atoms with Crippen molar-refractivity contribution < 1.29 is 13.2 Å². The molecule has 0 aliphatic carbocycles. The normalized spacial score (nSPS) is 10.5. The molecule has 0 amide bonds. The van der Waals surface area contributed by atoms with Gasteiger partial charge in [-0.05, 0) is 0 Å². The van der Waals surface area contributed by atoms with Crippen LogP contribution in [0.3, 0.4) is 0 Å². The lowest BCUT2D eigenvalue weighted by atomic mass is 10.2. The predicted octanol–water partition coefficient (Wildman–Crippen LogP) is 1.79. The molecule has 1 aromatic heterocycles. The number of nitrogens with zero attached hydrogens (tertiary/aromatic N) is 4. The quantitative estimate of drug-likeness (QED) is 0.667. The van der Waals surface area contributed by atoms with Crippen molar-refractivity contribution in [2.45, 2.75) is 12.7 Å². The van der Waals surface area contributed by atoms with Crippen molar-refractivity contribution >= 4 is 0 Å². The molecule has 0 N–H and O–H groups in total. The van der Waals surface area contributed by atoms with Gasteiger partial charge in [0.2, 0.25) is 5.82 Å². The minimum Gasteiger partial charge on any atom is -0.308 e. The van der Waals surface area contributed by atoms with E-state index in [0.29, 0.717) is 6.20 Å². The summed E-state index contributed by atoms with van der Waals surface area (Å²) in [7, 11) is 0. The van der Waals surface area contributed by atoms with Crippen molar-refractivity contribution in [1.29, 1.82) is 5.26 Å². The van der Waals surface area contributed by atoms with Crippen molar-refractivity contribution in [3.05, 3.63) is 34.7 Å². The summed E-state index contributed by atoms with van der Waals surface area (Å²) in [5.41, 5.74) is -1.94. The fourth-order valence-corrected chi connectivity index (χ4v) is 0.858. The van der Waals surface area contributed by atoms with Gasteiger partial charge in [-0.3, -0.25) is 0 Å². The fraction of sp³-hybridized carbons (Fsp3) is 0.250. The number of hydrogen-bond acceptors (Lipinski definition) is 3. The van der Waals surface area contributed by atoms with E-state index in [9.17, 15) is 13.2 Å². The van der Waals surface area contributed by atoms with Crippen LogP contribution < -0.4 is 0 Å². The minimum atomic E-state index is -4.65. The third-order valence-electron chi connectivity index (χ3n) is 1.47. The number of halogens is 3. The molecule has 1 aromatic rings. The Morgan fingerprint density at radius 2 is 2.20 bits per heavy atom. The Labute approximate surface area is 82.8 Å². The molecule has 0 fully saturated rings. The van der Waals surface area contributed by atoms with E-state index >= 15 is 0 Å². The predicted molar refractivity (Wildman–Crippen MR) is 42.1 cm³/mol. The second kappa shape index (κ2) is 3.93. The van der Waals surface area contributed by atoms with Gasteiger partial charge in [0.05, 0.1) is 0 Å². The van der Waals surface area contributed by atoms with Gasteiger partial charge in [-0.1, -0.05) is 0 Å². The Kier molecular flexibility index (Phi) is 2.86. The Morgan fingerprint density at radius 1 is 1.53 bits per heavy atom. The van der Waals surface area contributed by atoms with Gasteiger partial charge in [-0.2, -0.15) is 18.4 Å². The molecule has 4 nitrogen and oxygen atoms in total. The van der Waals surface area contributed by atoms with Gasteiger partial charge in [0.25, 0.3) is 6.54 Å². The Morgan fingerprint density at radius 3 is 2.67 bits per heavy atom. The fourth-order valence-electron chi connectivity index (χ4n) is 0.858. The van der Waals surface area contributed by atoms with Crippen molar-refractivity contribution in [3.8, 4) is 6.07 Å². The lowest BCUT2D eigenvalue weighted by Gasteiger charge is -2.06. The summed E-state index contributed by atoms with van der Waals surface area (Å²) in [6.07, 6.45) is -4.13. The highest BCUT2D eigenvalue weighted by Crippen LogP contribution is 2.30. The van der Waals surface area contributed by atoms with Crippen LogP contribution in [0.5, 0.6) is 0 Å². The van der Waals surface area contributed by atoms with Gasteiger partial charge < -0.3 is 4.85 Å². The Balaban J connectivity index is 3.24. The van der Waals surface area contributed by atoms with E-state index in [1.807, 2.05) is 0 Å². The number of nitriles is 1. The van der Waals surface area contributed by atoms with E-state index in [0.717, 1.165) is 0 Å². The zero-order valence-electron chi connectivity index (χ0n) is 7.21. The van der Waals surface area contributed by atoms with Crippen LogP contribution in [0, 0.1) is 17.9 Å². The number of alkyl halides is 3. The van der Waals surface area contributed by atoms with Gasteiger partial charge in [0.1, 0.15) is 11.6 Å². The van der Waals surface area contributed by atoms with Gasteiger partial charge in [0.15, 0.2) is 5.69 Å². The molecule has 7 heteroatoms. The standard InChI is InChI=1S/C8H3F3N4/c1-13-4-7-14-3-5(8(9,10)11)6(2-12)15-7/h3H,4H2. The van der Waals surface area contributed by atoms with Crippen LogP contribution in [0.1, 0.15) is 17.1 Å². The van der Waals surface area contributed by atoms with Gasteiger partial charge in [-0.15, -0.1) is 0 Å². The molecule has 0 aliphatic heterocycles. The van der Waals surface area contributed by atoms with E-state index < -0.39 is 17.4 Å². The van der Waals surface area contributed by atoms with Crippen LogP contribution in [0.15, 0.2) is 6.20 Å². The minimum absolute atomic E-state index is 0.0884. The van der Waals surface area contributed by atoms with Crippen LogP contribution in [-0.2, 0) is 12.7 Å². The maximum Gasteiger partial charge on any atom is 0.420 e. The molecule has 0 bridgehead atoms. The lowest BCUT2D eigenvalue weighted by molar-refractivity contribution is -0.138. The first-order valence-electron chi connectivity index (χ1n) is 3.65. The summed E-state index contributed by atoms with van der Waals surface area (Å²) in [6.45, 7) is 6.24. The number of rotatable bonds is 1. The Hall–Kier alpha value is -2.15. The van der Waals surface area contributed by atoms with Gasteiger partial charge in [-0.25, -0.2) is 16.5 Å². The molecule has 0 aliphatic rings. The molecule has 0 saturated heterocycles. The van der Waals surface area contributed by atoms with E-state index in [4.69, 9.17) is 11.8 Å². The van der Waals surface area contributed by atoms with Crippen LogP contribution in [-0.4, -0.2) is 9.97 Å². The SMILES string of the molecule is [C-]#[N+]Cc1ncc(C(F)(F)F)c(C#N)n1. The lowest BCUT2D eigenvalue weighted by Crippen LogP contribution is -2.11. The molecular formula is C8H3F3N4. The van der Waals surface area contributed by atoms with Gasteiger partial charge in [0, 0.05) is 6.20 Å². The first kappa shape index (κ1) is 10.9. The molecular weight excluding hydrogens is 209 g/mol. The summed E-state index contributed by atoms with van der Waals surface area (Å²) in [4.78, 5) is 9.60. The van der Waals surface area contributed by atoms with Crippen LogP contribution in [0.25, 0.3) is 4.85 Å². The molecule has 0 atom stereocenters. The first-order chi connectivity index (χ1) is 6.99. The third kappa shape index (κ3) is 2.41. The molecule has 1 heterocycles. The molecule has 0 unspecified atom stereocenters. The smallest absolute Gasteiger partial charge is 0.308 e. The summed E-state index contributed by atoms with van der Waals surface area (Å²) in [6, 6.07) is 1.33. The highest BCUT2D eigenvalue weighted by atomic mass is 19.4. The van der Waals surface area contributed by atoms with Crippen LogP contribution in [0.2, 0.25) is 0 Å². The molecule has 1 rings (SSSR count). The Bertz CT molecular complexity index is 452. The second-order valence-electron chi connectivity index (χ2n) is 2.47. The molecule has 0 radical (unpaired) electrons. The zero-order chi connectivity index (χ0) is 11.5.